The number of sulfonamides is 1. The Bertz CT molecular complexity index is 1450. The number of anilines is 2. The molecule has 0 radical (unpaired) electrons. The van der Waals surface area contributed by atoms with Crippen LogP contribution in [0.3, 0.4) is 0 Å². The number of fused-ring (bicyclic) bond motifs is 1. The fraction of sp³-hybridized carbons (Fsp3) is 0.296. The van der Waals surface area contributed by atoms with Crippen molar-refractivity contribution in [2.45, 2.75) is 19.1 Å². The maximum absolute atomic E-state index is 12.6. The molecule has 188 valence electrons. The second-order valence-electron chi connectivity index (χ2n) is 9.22. The lowest BCUT2D eigenvalue weighted by Crippen LogP contribution is -2.47. The monoisotopic (exact) mass is 540 g/mol. The summed E-state index contributed by atoms with van der Waals surface area (Å²) >= 11 is 7.47. The number of rotatable bonds is 8. The van der Waals surface area contributed by atoms with Crippen LogP contribution in [-0.4, -0.2) is 50.4 Å². The van der Waals surface area contributed by atoms with Crippen LogP contribution in [0.25, 0.3) is 10.1 Å². The van der Waals surface area contributed by atoms with Crippen molar-refractivity contribution >= 4 is 54.7 Å². The normalized spacial score (nSPS) is 14.9. The van der Waals surface area contributed by atoms with Crippen LogP contribution >= 0.6 is 23.1 Å². The summed E-state index contributed by atoms with van der Waals surface area (Å²) in [5.74, 6) is 1.02. The number of nitrogens with one attached hydrogen (secondary N) is 1. The van der Waals surface area contributed by atoms with Crippen molar-refractivity contribution in [3.05, 3.63) is 88.4 Å². The minimum atomic E-state index is -3.51. The first-order valence-corrected chi connectivity index (χ1v) is 14.8. The average Bonchev–Trinajstić information content (AvgIpc) is 3.30. The second kappa shape index (κ2) is 10.8. The van der Waals surface area contributed by atoms with E-state index < -0.39 is 10.0 Å². The maximum Gasteiger partial charge on any atom is 0.236 e. The third kappa shape index (κ3) is 6.00. The number of aryl methyl sites for hydroxylation is 1. The quantitative estimate of drug-likeness (QED) is 0.317. The molecule has 0 spiro atoms. The first-order valence-electron chi connectivity index (χ1n) is 12.0. The van der Waals surface area contributed by atoms with Crippen molar-refractivity contribution in [3.8, 4) is 0 Å². The number of hydrogen-bond acceptors (Lipinski definition) is 6. The van der Waals surface area contributed by atoms with Gasteiger partial charge in [0.05, 0.1) is 16.1 Å². The van der Waals surface area contributed by atoms with E-state index in [9.17, 15) is 8.42 Å². The molecule has 9 heteroatoms. The van der Waals surface area contributed by atoms with E-state index in [0.717, 1.165) is 50.5 Å². The predicted molar refractivity (Wildman–Crippen MR) is 151 cm³/mol. The molecule has 6 nitrogen and oxygen atoms in total. The molecule has 36 heavy (non-hydrogen) atoms. The molecular weight excluding hydrogens is 512 g/mol. The topological polar surface area (TPSA) is 65.5 Å². The van der Waals surface area contributed by atoms with Crippen molar-refractivity contribution < 1.29 is 8.42 Å². The molecule has 1 aromatic heterocycles. The maximum atomic E-state index is 12.6. The fourth-order valence-electron chi connectivity index (χ4n) is 4.57. The Morgan fingerprint density at radius 2 is 1.69 bits per heavy atom. The van der Waals surface area contributed by atoms with Crippen LogP contribution in [0.2, 0.25) is 5.02 Å². The fourth-order valence-corrected chi connectivity index (χ4v) is 6.76. The molecular formula is C27H29ClN4O2S2. The third-order valence-electron chi connectivity index (χ3n) is 6.57. The minimum absolute atomic E-state index is 0.0893. The number of benzene rings is 3. The Morgan fingerprint density at radius 3 is 2.44 bits per heavy atom. The molecule has 2 heterocycles. The lowest BCUT2D eigenvalue weighted by Gasteiger charge is -2.35. The Hall–Kier alpha value is -2.65. The molecule has 1 saturated heterocycles. The van der Waals surface area contributed by atoms with Crippen LogP contribution in [0.4, 0.5) is 11.5 Å². The van der Waals surface area contributed by atoms with Crippen molar-refractivity contribution in [2.24, 2.45) is 0 Å². The van der Waals surface area contributed by atoms with Gasteiger partial charge < -0.3 is 4.90 Å². The number of hydrogen-bond donors (Lipinski definition) is 1. The summed E-state index contributed by atoms with van der Waals surface area (Å²) < 4.78 is 34.0. The molecule has 1 N–H and O–H groups in total. The predicted octanol–water partition coefficient (Wildman–Crippen LogP) is 5.56. The SMILES string of the molecule is Cc1cc(CCN2CCN(c3nsc4ccccc34)CC2)ccc1NS(=O)(=O)Cc1ccc(Cl)cc1. The minimum Gasteiger partial charge on any atom is -0.353 e. The van der Waals surface area contributed by atoms with Crippen LogP contribution in [0, 0.1) is 6.92 Å². The average molecular weight is 541 g/mol. The van der Waals surface area contributed by atoms with Gasteiger partial charge in [0.1, 0.15) is 5.82 Å². The Labute approximate surface area is 221 Å². The highest BCUT2D eigenvalue weighted by Gasteiger charge is 2.20. The molecule has 3 aromatic carbocycles. The summed E-state index contributed by atoms with van der Waals surface area (Å²) in [5.41, 5.74) is 3.45. The number of piperazine rings is 1. The summed E-state index contributed by atoms with van der Waals surface area (Å²) in [6, 6.07) is 21.3. The Balaban J connectivity index is 1.13. The molecule has 0 amide bonds. The van der Waals surface area contributed by atoms with Gasteiger partial charge in [-0.3, -0.25) is 9.62 Å². The van der Waals surface area contributed by atoms with Crippen LogP contribution in [0.15, 0.2) is 66.7 Å². The van der Waals surface area contributed by atoms with E-state index >= 15 is 0 Å². The van der Waals surface area contributed by atoms with E-state index in [1.807, 2.05) is 19.1 Å². The van der Waals surface area contributed by atoms with Crippen molar-refractivity contribution in [1.29, 1.82) is 0 Å². The third-order valence-corrected chi connectivity index (χ3v) is 8.89. The van der Waals surface area contributed by atoms with Crippen molar-refractivity contribution in [2.75, 3.05) is 42.3 Å². The second-order valence-corrected chi connectivity index (χ2v) is 12.2. The van der Waals surface area contributed by atoms with Crippen LogP contribution in [0.5, 0.6) is 0 Å². The summed E-state index contributed by atoms with van der Waals surface area (Å²) in [4.78, 5) is 4.88. The molecule has 0 bridgehead atoms. The van der Waals surface area contributed by atoms with Gasteiger partial charge in [0.25, 0.3) is 0 Å². The van der Waals surface area contributed by atoms with Gasteiger partial charge in [-0.1, -0.05) is 48.0 Å². The van der Waals surface area contributed by atoms with E-state index in [1.54, 1.807) is 35.8 Å². The van der Waals surface area contributed by atoms with Crippen LogP contribution in [0.1, 0.15) is 16.7 Å². The lowest BCUT2D eigenvalue weighted by atomic mass is 10.1. The molecule has 0 aliphatic carbocycles. The molecule has 1 aliphatic heterocycles. The first kappa shape index (κ1) is 25.0. The van der Waals surface area contributed by atoms with Gasteiger partial charge in [-0.2, -0.15) is 4.37 Å². The van der Waals surface area contributed by atoms with Gasteiger partial charge in [-0.15, -0.1) is 0 Å². The number of halogens is 1. The van der Waals surface area contributed by atoms with Gasteiger partial charge in [-0.05, 0) is 71.9 Å². The van der Waals surface area contributed by atoms with E-state index in [2.05, 4.69) is 44.9 Å². The van der Waals surface area contributed by atoms with Gasteiger partial charge >= 0.3 is 0 Å². The largest absolute Gasteiger partial charge is 0.353 e. The number of nitrogens with zero attached hydrogens (tertiary/aromatic N) is 3. The number of aromatic nitrogens is 1. The summed E-state index contributed by atoms with van der Waals surface area (Å²) in [6.45, 7) is 6.89. The zero-order valence-electron chi connectivity index (χ0n) is 20.2. The first-order chi connectivity index (χ1) is 17.4. The van der Waals surface area contributed by atoms with E-state index in [4.69, 9.17) is 16.0 Å². The highest BCUT2D eigenvalue weighted by Crippen LogP contribution is 2.30. The summed E-state index contributed by atoms with van der Waals surface area (Å²) in [5, 5.41) is 1.83. The zero-order valence-corrected chi connectivity index (χ0v) is 22.5. The molecule has 1 fully saturated rings. The van der Waals surface area contributed by atoms with Gasteiger partial charge in [0.2, 0.25) is 10.0 Å². The highest BCUT2D eigenvalue weighted by molar-refractivity contribution is 7.91. The van der Waals surface area contributed by atoms with E-state index in [-0.39, 0.29) is 5.75 Å². The molecule has 0 unspecified atom stereocenters. The van der Waals surface area contributed by atoms with Crippen molar-refractivity contribution in [1.82, 2.24) is 9.27 Å². The standard InChI is InChI=1S/C27H29ClN4O2S2/c1-20-18-21(8-11-25(20)30-36(33,34)19-22-6-9-23(28)10-7-22)12-13-31-14-16-32(17-15-31)27-24-4-2-3-5-26(24)35-29-27/h2-11,18,30H,12-17,19H2,1H3. The van der Waals surface area contributed by atoms with Crippen LogP contribution in [-0.2, 0) is 22.2 Å². The molecule has 4 aromatic rings. The smallest absolute Gasteiger partial charge is 0.236 e. The lowest BCUT2D eigenvalue weighted by molar-refractivity contribution is 0.261. The van der Waals surface area contributed by atoms with Crippen LogP contribution < -0.4 is 9.62 Å². The zero-order chi connectivity index (χ0) is 25.1. The van der Waals surface area contributed by atoms with Crippen molar-refractivity contribution in [3.63, 3.8) is 0 Å². The summed E-state index contributed by atoms with van der Waals surface area (Å²) in [7, 11) is -3.51. The molecule has 5 rings (SSSR count). The molecule has 1 aliphatic rings. The van der Waals surface area contributed by atoms with Gasteiger partial charge in [0, 0.05) is 43.1 Å². The Morgan fingerprint density at radius 1 is 0.972 bits per heavy atom. The van der Waals surface area contributed by atoms with Gasteiger partial charge in [-0.25, -0.2) is 8.42 Å². The molecule has 0 saturated carbocycles. The molecule has 0 atom stereocenters. The summed E-state index contributed by atoms with van der Waals surface area (Å²) in [6.07, 6.45) is 0.929. The van der Waals surface area contributed by atoms with E-state index in [0.29, 0.717) is 16.3 Å². The van der Waals surface area contributed by atoms with Gasteiger partial charge in [0.15, 0.2) is 0 Å². The van der Waals surface area contributed by atoms with E-state index in [1.165, 1.54) is 15.6 Å². The Kier molecular flexibility index (Phi) is 7.48. The highest BCUT2D eigenvalue weighted by atomic mass is 35.5.